The number of amides is 1. The lowest BCUT2D eigenvalue weighted by Crippen LogP contribution is -2.39. The van der Waals surface area contributed by atoms with Gasteiger partial charge in [0.2, 0.25) is 11.8 Å². The van der Waals surface area contributed by atoms with Gasteiger partial charge in [-0.2, -0.15) is 0 Å². The Labute approximate surface area is 243 Å². The molecule has 40 heavy (non-hydrogen) atoms. The van der Waals surface area contributed by atoms with Crippen molar-refractivity contribution < 1.29 is 14.3 Å². The molecule has 0 aliphatic carbocycles. The van der Waals surface area contributed by atoms with E-state index >= 15 is 0 Å². The molecular formula is C33H50N4O3. The minimum absolute atomic E-state index is 0.108. The largest absolute Gasteiger partial charge is 0.502 e. The number of terminal acetylenes is 1. The zero-order valence-corrected chi connectivity index (χ0v) is 25.2. The van der Waals surface area contributed by atoms with E-state index in [0.717, 1.165) is 38.2 Å². The predicted molar refractivity (Wildman–Crippen MR) is 171 cm³/mol. The second-order valence-corrected chi connectivity index (χ2v) is 8.66. The number of benzene rings is 1. The zero-order chi connectivity index (χ0) is 30.8. The van der Waals surface area contributed by atoms with E-state index < -0.39 is 0 Å². The summed E-state index contributed by atoms with van der Waals surface area (Å²) in [6.45, 7) is 18.9. The molecule has 0 bridgehead atoms. The molecule has 0 radical (unpaired) electrons. The number of rotatable bonds is 12. The van der Waals surface area contributed by atoms with Crippen molar-refractivity contribution in [1.29, 1.82) is 5.41 Å². The van der Waals surface area contributed by atoms with Crippen LogP contribution in [0.15, 0.2) is 84.4 Å². The number of carbonyl (C=O) groups is 1. The summed E-state index contributed by atoms with van der Waals surface area (Å²) < 4.78 is 9.93. The maximum Gasteiger partial charge on any atom is 0.222 e. The summed E-state index contributed by atoms with van der Waals surface area (Å²) in [5.41, 5.74) is 2.34. The highest BCUT2D eigenvalue weighted by Gasteiger charge is 2.25. The number of hydrogen-bond acceptors (Lipinski definition) is 6. The van der Waals surface area contributed by atoms with Gasteiger partial charge in [0.15, 0.2) is 0 Å². The number of ether oxygens (including phenoxy) is 2. The molecule has 7 heteroatoms. The number of piperidine rings is 1. The number of hydrogen-bond donors (Lipinski definition) is 2. The Kier molecular flexibility index (Phi) is 24.3. The van der Waals surface area contributed by atoms with Crippen LogP contribution in [0.25, 0.3) is 0 Å². The monoisotopic (exact) mass is 550 g/mol. The van der Waals surface area contributed by atoms with Crippen molar-refractivity contribution in [1.82, 2.24) is 10.2 Å². The molecule has 1 aromatic rings. The maximum atomic E-state index is 12.9. The van der Waals surface area contributed by atoms with Crippen LogP contribution in [-0.2, 0) is 14.3 Å². The first kappa shape index (κ1) is 38.3. The van der Waals surface area contributed by atoms with Gasteiger partial charge in [0.05, 0.1) is 20.0 Å². The summed E-state index contributed by atoms with van der Waals surface area (Å²) in [5.74, 6) is 1.64. The molecule has 1 saturated heterocycles. The van der Waals surface area contributed by atoms with Crippen LogP contribution < -0.4 is 5.32 Å². The van der Waals surface area contributed by atoms with E-state index in [4.69, 9.17) is 10.1 Å². The summed E-state index contributed by atoms with van der Waals surface area (Å²) in [7, 11) is 3.14. The quantitative estimate of drug-likeness (QED) is 0.134. The van der Waals surface area contributed by atoms with Crippen molar-refractivity contribution in [2.45, 2.75) is 52.4 Å². The van der Waals surface area contributed by atoms with Crippen LogP contribution in [0, 0.1) is 18.3 Å². The van der Waals surface area contributed by atoms with E-state index in [-0.39, 0.29) is 5.91 Å². The third-order valence-corrected chi connectivity index (χ3v) is 5.65. The average Bonchev–Trinajstić information content (AvgIpc) is 2.99. The smallest absolute Gasteiger partial charge is 0.222 e. The molecule has 0 saturated carbocycles. The number of carbonyl (C=O) groups excluding carboxylic acids is 1. The van der Waals surface area contributed by atoms with Crippen LogP contribution in [-0.4, -0.2) is 63.1 Å². The predicted octanol–water partition coefficient (Wildman–Crippen LogP) is 6.52. The lowest BCUT2D eigenvalue weighted by atomic mass is 9.90. The molecule has 1 heterocycles. The van der Waals surface area contributed by atoms with Crippen molar-refractivity contribution in [3.63, 3.8) is 0 Å². The van der Waals surface area contributed by atoms with Crippen LogP contribution in [0.3, 0.4) is 0 Å². The van der Waals surface area contributed by atoms with Crippen molar-refractivity contribution in [3.05, 3.63) is 85.0 Å². The van der Waals surface area contributed by atoms with Gasteiger partial charge in [-0.05, 0) is 45.2 Å². The highest BCUT2D eigenvalue weighted by molar-refractivity contribution is 6.00. The van der Waals surface area contributed by atoms with Crippen LogP contribution in [0.5, 0.6) is 0 Å². The molecule has 1 aliphatic heterocycles. The van der Waals surface area contributed by atoms with Crippen LogP contribution in [0.2, 0.25) is 0 Å². The summed E-state index contributed by atoms with van der Waals surface area (Å²) in [6, 6.07) is 10.4. The van der Waals surface area contributed by atoms with Gasteiger partial charge in [-0.3, -0.25) is 4.79 Å². The van der Waals surface area contributed by atoms with Gasteiger partial charge in [-0.1, -0.05) is 62.6 Å². The van der Waals surface area contributed by atoms with Crippen molar-refractivity contribution >= 4 is 17.8 Å². The average molecular weight is 551 g/mol. The SMILES string of the molecule is C#C.C=C(C)OC.C=C/C=N\C(OC)=C(/CNCC)C(=N)CCC(=O)N1CCC[C@H](c2ccccc2)C1.C=CC. The molecule has 1 fully saturated rings. The second-order valence-electron chi connectivity index (χ2n) is 8.66. The summed E-state index contributed by atoms with van der Waals surface area (Å²) >= 11 is 0. The number of likely N-dealkylation sites (N-methyl/N-ethyl adjacent to an activating group) is 1. The number of nitrogens with zero attached hydrogens (tertiary/aromatic N) is 2. The molecule has 0 spiro atoms. The fourth-order valence-corrected chi connectivity index (χ4v) is 3.68. The molecule has 1 atom stereocenters. The highest BCUT2D eigenvalue weighted by Crippen LogP contribution is 2.27. The van der Waals surface area contributed by atoms with Crippen molar-refractivity contribution in [2.24, 2.45) is 4.99 Å². The van der Waals surface area contributed by atoms with Gasteiger partial charge in [0.25, 0.3) is 0 Å². The Morgan fingerprint density at radius 1 is 1.20 bits per heavy atom. The van der Waals surface area contributed by atoms with Gasteiger partial charge in [-0.25, -0.2) is 4.99 Å². The zero-order valence-electron chi connectivity index (χ0n) is 25.2. The molecule has 220 valence electrons. The Bertz CT molecular complexity index is 964. The van der Waals surface area contributed by atoms with Gasteiger partial charge in [0, 0.05) is 49.5 Å². The van der Waals surface area contributed by atoms with Gasteiger partial charge in [0.1, 0.15) is 0 Å². The standard InChI is InChI=1S/C24H34N4O2.C4H8O.C3H6.C2H2/c1-4-15-27-24(30-3)21(17-26-5-2)22(25)13-14-23(29)28-16-9-12-20(18-28)19-10-7-6-8-11-19;1-4(2)5-3;1-3-2;1-2/h4,6-8,10-11,15,20,25-26H,1,5,9,12-14,16-18H2,2-3H3;1H2,2-3H3;3H,1H2,2H3;1-2H/b24-21-,25-22?,27-15-;;;/t20-;;;/m0.../s1. The molecule has 2 rings (SSSR count). The lowest BCUT2D eigenvalue weighted by molar-refractivity contribution is -0.132. The van der Waals surface area contributed by atoms with Gasteiger partial charge >= 0.3 is 0 Å². The van der Waals surface area contributed by atoms with Gasteiger partial charge < -0.3 is 25.1 Å². The minimum Gasteiger partial charge on any atom is -0.502 e. The molecule has 1 aromatic carbocycles. The lowest BCUT2D eigenvalue weighted by Gasteiger charge is -2.33. The molecule has 7 nitrogen and oxygen atoms in total. The number of methoxy groups -OCH3 is 2. The fourth-order valence-electron chi connectivity index (χ4n) is 3.68. The maximum absolute atomic E-state index is 12.9. The molecular weight excluding hydrogens is 500 g/mol. The van der Waals surface area contributed by atoms with Crippen molar-refractivity contribution in [3.8, 4) is 12.8 Å². The van der Waals surface area contributed by atoms with Gasteiger partial charge in [-0.15, -0.1) is 19.4 Å². The normalized spacial score (nSPS) is 14.4. The minimum atomic E-state index is 0.108. The van der Waals surface area contributed by atoms with Crippen LogP contribution in [0.1, 0.15) is 57.9 Å². The second kappa shape index (κ2) is 25.4. The van der Waals surface area contributed by atoms with E-state index in [0.29, 0.717) is 42.5 Å². The fraction of sp³-hybridized carbons (Fsp3) is 0.424. The molecule has 0 aromatic heterocycles. The van der Waals surface area contributed by atoms with Crippen molar-refractivity contribution in [2.75, 3.05) is 40.4 Å². The first-order chi connectivity index (χ1) is 19.3. The summed E-state index contributed by atoms with van der Waals surface area (Å²) in [4.78, 5) is 19.0. The summed E-state index contributed by atoms with van der Waals surface area (Å²) in [6.07, 6.45) is 15.7. The van der Waals surface area contributed by atoms with E-state index in [1.807, 2.05) is 24.8 Å². The Morgan fingerprint density at radius 3 is 2.30 bits per heavy atom. The van der Waals surface area contributed by atoms with E-state index in [1.165, 1.54) is 12.7 Å². The third-order valence-electron chi connectivity index (χ3n) is 5.65. The molecule has 1 aliphatic rings. The first-order valence-electron chi connectivity index (χ1n) is 13.4. The van der Waals surface area contributed by atoms with E-state index in [2.05, 4.69) is 71.9 Å². The van der Waals surface area contributed by atoms with Crippen LogP contribution >= 0.6 is 0 Å². The number of likely N-dealkylation sites (tertiary alicyclic amines) is 1. The number of nitrogens with one attached hydrogen (secondary N) is 2. The summed E-state index contributed by atoms with van der Waals surface area (Å²) in [5, 5.41) is 11.7. The first-order valence-corrected chi connectivity index (χ1v) is 13.4. The molecule has 0 unspecified atom stereocenters. The number of aliphatic imine (C=N–C) groups is 1. The van der Waals surface area contributed by atoms with E-state index in [1.54, 1.807) is 32.4 Å². The third kappa shape index (κ3) is 16.8. The molecule has 1 amide bonds. The van der Waals surface area contributed by atoms with Crippen LogP contribution in [0.4, 0.5) is 0 Å². The topological polar surface area (TPSA) is 87.0 Å². The van der Waals surface area contributed by atoms with E-state index in [9.17, 15) is 4.79 Å². The number of allylic oxidation sites excluding steroid dienone is 3. The Hall–Kier alpha value is -3.89. The highest BCUT2D eigenvalue weighted by atomic mass is 16.5. The Balaban J connectivity index is 0. The molecule has 2 N–H and O–H groups in total. The Morgan fingerprint density at radius 2 is 1.80 bits per heavy atom.